The number of hydrogen-bond acceptors (Lipinski definition) is 2. The second kappa shape index (κ2) is 3.81. The number of benzene rings is 1. The third kappa shape index (κ3) is 1.69. The van der Waals surface area contributed by atoms with E-state index in [1.54, 1.807) is 12.1 Å². The molecule has 80 valence electrons. The Morgan fingerprint density at radius 3 is 2.94 bits per heavy atom. The summed E-state index contributed by atoms with van der Waals surface area (Å²) in [6.45, 7) is 0. The van der Waals surface area contributed by atoms with E-state index in [0.717, 1.165) is 5.57 Å². The van der Waals surface area contributed by atoms with Gasteiger partial charge in [-0.25, -0.2) is 4.98 Å². The third-order valence-electron chi connectivity index (χ3n) is 2.59. The van der Waals surface area contributed by atoms with Crippen LogP contribution in [-0.2, 0) is 0 Å². The van der Waals surface area contributed by atoms with E-state index in [-0.39, 0.29) is 5.56 Å². The number of nitrogens with one attached hydrogen (secondary N) is 1. The predicted molar refractivity (Wildman–Crippen MR) is 67.3 cm³/mol. The van der Waals surface area contributed by atoms with Crippen molar-refractivity contribution in [2.45, 2.75) is 0 Å². The van der Waals surface area contributed by atoms with Crippen LogP contribution in [0.1, 0.15) is 5.82 Å². The molecule has 3 rings (SSSR count). The average molecular weight is 221 g/mol. The van der Waals surface area contributed by atoms with Crippen LogP contribution >= 0.6 is 0 Å². The number of para-hydroxylation sites is 1. The first-order valence-electron chi connectivity index (χ1n) is 5.30. The highest BCUT2D eigenvalue weighted by molar-refractivity contribution is 5.80. The summed E-state index contributed by atoms with van der Waals surface area (Å²) in [6, 6.07) is 7.30. The predicted octanol–water partition coefficient (Wildman–Crippen LogP) is 2.24. The molecular weight excluding hydrogens is 212 g/mol. The summed E-state index contributed by atoms with van der Waals surface area (Å²) in [4.78, 5) is 19.1. The molecule has 2 aromatic rings. The normalized spacial score (nSPS) is 13.5. The summed E-state index contributed by atoms with van der Waals surface area (Å²) in [5.74, 6) is 0.575. The van der Waals surface area contributed by atoms with Crippen molar-refractivity contribution in [1.82, 2.24) is 9.97 Å². The number of aromatic amines is 1. The Morgan fingerprint density at radius 1 is 1.24 bits per heavy atom. The van der Waals surface area contributed by atoms with Crippen molar-refractivity contribution in [1.29, 1.82) is 0 Å². The first kappa shape index (κ1) is 9.70. The number of rotatable bonds is 1. The minimum atomic E-state index is -0.116. The van der Waals surface area contributed by atoms with Gasteiger partial charge in [-0.15, -0.1) is 0 Å². The fraction of sp³-hybridized carbons (Fsp3) is 0. The number of allylic oxidation sites excluding steroid dienone is 6. The number of H-pyrrole nitrogens is 1. The van der Waals surface area contributed by atoms with Crippen molar-refractivity contribution in [2.75, 3.05) is 0 Å². The van der Waals surface area contributed by atoms with Crippen LogP contribution in [0.15, 0.2) is 53.4 Å². The van der Waals surface area contributed by atoms with E-state index in [9.17, 15) is 4.79 Å². The Bertz CT molecular complexity index is 720. The molecule has 0 saturated heterocycles. The molecule has 17 heavy (non-hydrogen) atoms. The van der Waals surface area contributed by atoms with Crippen molar-refractivity contribution < 1.29 is 0 Å². The molecule has 1 N–H and O–H groups in total. The van der Waals surface area contributed by atoms with Gasteiger partial charge in [-0.2, -0.15) is 0 Å². The molecule has 1 heterocycles. The van der Waals surface area contributed by atoms with Crippen LogP contribution in [0.4, 0.5) is 0 Å². The van der Waals surface area contributed by atoms with Gasteiger partial charge in [0.15, 0.2) is 0 Å². The van der Waals surface area contributed by atoms with Gasteiger partial charge in [0, 0.05) is 12.2 Å². The van der Waals surface area contributed by atoms with Crippen LogP contribution in [0.25, 0.3) is 16.5 Å². The molecule has 1 aliphatic rings. The molecular formula is C14H9N2O+. The fourth-order valence-electron chi connectivity index (χ4n) is 1.76. The summed E-state index contributed by atoms with van der Waals surface area (Å²) >= 11 is 0. The SMILES string of the molecule is O=c1[nH]c(C2=CC=C[C+]=C2)nc2ccccc12. The second-order valence-electron chi connectivity index (χ2n) is 3.72. The molecule has 0 aliphatic heterocycles. The smallest absolute Gasteiger partial charge is 0.259 e. The third-order valence-corrected chi connectivity index (χ3v) is 2.59. The van der Waals surface area contributed by atoms with Crippen LogP contribution in [0.3, 0.4) is 0 Å². The summed E-state index contributed by atoms with van der Waals surface area (Å²) in [7, 11) is 0. The molecule has 1 aromatic heterocycles. The Labute approximate surface area is 97.8 Å². The Kier molecular flexibility index (Phi) is 2.18. The lowest BCUT2D eigenvalue weighted by atomic mass is 10.1. The van der Waals surface area contributed by atoms with E-state index in [1.807, 2.05) is 36.4 Å². The van der Waals surface area contributed by atoms with Crippen LogP contribution in [0, 0.1) is 6.08 Å². The highest BCUT2D eigenvalue weighted by Crippen LogP contribution is 2.15. The van der Waals surface area contributed by atoms with Gasteiger partial charge in [-0.05, 0) is 12.1 Å². The lowest BCUT2D eigenvalue weighted by Crippen LogP contribution is -2.11. The average Bonchev–Trinajstić information content (AvgIpc) is 2.40. The molecule has 3 heteroatoms. The first-order valence-corrected chi connectivity index (χ1v) is 5.30. The molecule has 0 bridgehead atoms. The monoisotopic (exact) mass is 221 g/mol. The molecule has 0 fully saturated rings. The van der Waals surface area contributed by atoms with E-state index in [4.69, 9.17) is 0 Å². The minimum Gasteiger partial charge on any atom is -0.294 e. The number of nitrogens with zero attached hydrogens (tertiary/aromatic N) is 1. The Morgan fingerprint density at radius 2 is 2.12 bits per heavy atom. The standard InChI is InChI=1S/C14H8N2O/c17-14-11-8-4-5-9-12(11)15-13(16-14)10-6-2-1-3-7-10/h1-2,4-9H/p+1. The van der Waals surface area contributed by atoms with Gasteiger partial charge < -0.3 is 0 Å². The molecule has 0 amide bonds. The molecule has 1 aliphatic carbocycles. The topological polar surface area (TPSA) is 45.8 Å². The highest BCUT2D eigenvalue weighted by atomic mass is 16.1. The lowest BCUT2D eigenvalue weighted by molar-refractivity contribution is 1.13. The van der Waals surface area contributed by atoms with Crippen molar-refractivity contribution in [3.05, 3.63) is 70.8 Å². The molecule has 0 saturated carbocycles. The lowest BCUT2D eigenvalue weighted by Gasteiger charge is -1.99. The van der Waals surface area contributed by atoms with E-state index in [0.29, 0.717) is 16.7 Å². The summed E-state index contributed by atoms with van der Waals surface area (Å²) in [5.41, 5.74) is 1.44. The summed E-state index contributed by atoms with van der Waals surface area (Å²) < 4.78 is 0. The van der Waals surface area contributed by atoms with Crippen LogP contribution in [0.2, 0.25) is 0 Å². The second-order valence-corrected chi connectivity index (χ2v) is 3.72. The van der Waals surface area contributed by atoms with Crippen molar-refractivity contribution >= 4 is 16.5 Å². The Balaban J connectivity index is 2.26. The zero-order valence-electron chi connectivity index (χ0n) is 8.97. The van der Waals surface area contributed by atoms with Crippen LogP contribution < -0.4 is 5.56 Å². The van der Waals surface area contributed by atoms with E-state index in [1.165, 1.54) is 0 Å². The van der Waals surface area contributed by atoms with Gasteiger partial charge in [0.05, 0.1) is 17.0 Å². The zero-order valence-corrected chi connectivity index (χ0v) is 8.97. The van der Waals surface area contributed by atoms with Crippen LogP contribution in [0.5, 0.6) is 0 Å². The maximum atomic E-state index is 11.9. The summed E-state index contributed by atoms with van der Waals surface area (Å²) in [5, 5.41) is 0.608. The molecule has 0 radical (unpaired) electrons. The molecule has 1 aromatic carbocycles. The minimum absolute atomic E-state index is 0.116. The molecule has 0 unspecified atom stereocenters. The van der Waals surface area contributed by atoms with E-state index >= 15 is 0 Å². The molecule has 0 spiro atoms. The first-order chi connectivity index (χ1) is 8.34. The van der Waals surface area contributed by atoms with Gasteiger partial charge in [0.2, 0.25) is 5.82 Å². The largest absolute Gasteiger partial charge is 0.294 e. The number of hydrogen-bond donors (Lipinski definition) is 1. The number of aromatic nitrogens is 2. The van der Waals surface area contributed by atoms with Gasteiger partial charge in [0.1, 0.15) is 17.7 Å². The van der Waals surface area contributed by atoms with Gasteiger partial charge in [-0.1, -0.05) is 12.1 Å². The van der Waals surface area contributed by atoms with Gasteiger partial charge in [0.25, 0.3) is 5.56 Å². The van der Waals surface area contributed by atoms with Crippen molar-refractivity contribution in [3.63, 3.8) is 0 Å². The van der Waals surface area contributed by atoms with Crippen LogP contribution in [-0.4, -0.2) is 9.97 Å². The molecule has 3 nitrogen and oxygen atoms in total. The zero-order chi connectivity index (χ0) is 11.7. The van der Waals surface area contributed by atoms with Crippen molar-refractivity contribution in [3.8, 4) is 0 Å². The van der Waals surface area contributed by atoms with E-state index < -0.39 is 0 Å². The van der Waals surface area contributed by atoms with Crippen molar-refractivity contribution in [2.24, 2.45) is 0 Å². The molecule has 0 atom stereocenters. The summed E-state index contributed by atoms with van der Waals surface area (Å²) in [6.07, 6.45) is 10.3. The maximum absolute atomic E-state index is 11.9. The van der Waals surface area contributed by atoms with Gasteiger partial charge in [-0.3, -0.25) is 9.78 Å². The quantitative estimate of drug-likeness (QED) is 0.750. The van der Waals surface area contributed by atoms with E-state index in [2.05, 4.69) is 16.0 Å². The van der Waals surface area contributed by atoms with Gasteiger partial charge >= 0.3 is 0 Å². The fourth-order valence-corrected chi connectivity index (χ4v) is 1.76. The highest BCUT2D eigenvalue weighted by Gasteiger charge is 2.11. The maximum Gasteiger partial charge on any atom is 0.259 e. The number of fused-ring (bicyclic) bond motifs is 1. The Hall–Kier alpha value is -2.51.